The van der Waals surface area contributed by atoms with Gasteiger partial charge >= 0.3 is 0 Å². The first-order valence-electron chi connectivity index (χ1n) is 0.785. The number of hydrogen-bond acceptors (Lipinski definition) is 0. The zero-order chi connectivity index (χ0) is 3.58. The third-order valence-electron chi connectivity index (χ3n) is 0. The first-order chi connectivity index (χ1) is 1.73. The number of halogens is 2. The van der Waals surface area contributed by atoms with Crippen LogP contribution in [-0.2, 0) is 0 Å². The fraction of sp³-hybridized carbons (Fsp3) is 1.00. The topological polar surface area (TPSA) is 0 Å². The Kier molecular flexibility index (Phi) is 3.53. The molecule has 0 unspecified atom stereocenters. The van der Waals surface area contributed by atoms with Crippen molar-refractivity contribution in [3.8, 4) is 0 Å². The second-order valence-electron chi connectivity index (χ2n) is 0.402. The van der Waals surface area contributed by atoms with Crippen molar-refractivity contribution in [1.82, 2.24) is 0 Å². The Morgan fingerprint density at radius 2 is 1.50 bits per heavy atom. The summed E-state index contributed by atoms with van der Waals surface area (Å²) in [6.07, 6.45) is 0. The molecule has 0 radical (unpaired) electrons. The largest absolute Gasteiger partial charge is 0.0478 e. The molecule has 26 valence electrons. The molecule has 0 atom stereocenters. The molecule has 0 saturated heterocycles. The van der Waals surface area contributed by atoms with E-state index >= 15 is 0 Å². The molecule has 0 aliphatic rings. The van der Waals surface area contributed by atoms with Crippen molar-refractivity contribution in [3.63, 3.8) is 0 Å². The van der Waals surface area contributed by atoms with Crippen molar-refractivity contribution in [2.75, 3.05) is 6.66 Å². The molecule has 0 aromatic rings. The third kappa shape index (κ3) is 10.0. The van der Waals surface area contributed by atoms with Crippen LogP contribution in [0.2, 0.25) is 0 Å². The van der Waals surface area contributed by atoms with Gasteiger partial charge in [-0.2, -0.15) is 0 Å². The molecule has 0 nitrogen and oxygen atoms in total. The maximum atomic E-state index is 3.25. The normalized spacial score (nSPS) is 9.00. The van der Waals surface area contributed by atoms with Gasteiger partial charge in [0.2, 0.25) is 0 Å². The van der Waals surface area contributed by atoms with E-state index in [2.05, 4.69) is 37.6 Å². The molecule has 0 heterocycles. The van der Waals surface area contributed by atoms with Crippen LogP contribution < -0.4 is 0 Å². The van der Waals surface area contributed by atoms with Crippen LogP contribution in [0.4, 0.5) is 0 Å². The second kappa shape index (κ2) is 2.62. The van der Waals surface area contributed by atoms with E-state index in [1.54, 1.807) is 0 Å². The van der Waals surface area contributed by atoms with Gasteiger partial charge in [0.25, 0.3) is 0 Å². The fourth-order valence-electron chi connectivity index (χ4n) is 0. The van der Waals surface area contributed by atoms with E-state index in [9.17, 15) is 0 Å². The summed E-state index contributed by atoms with van der Waals surface area (Å²) in [6, 6.07) is 0. The second-order valence-corrected chi connectivity index (χ2v) is 10.4. The summed E-state index contributed by atoms with van der Waals surface area (Å²) < 4.78 is 0. The van der Waals surface area contributed by atoms with E-state index in [1.807, 2.05) is 0 Å². The molecule has 0 aromatic carbocycles. The predicted molar refractivity (Wildman–Crippen MR) is 30.7 cm³/mol. The van der Waals surface area contributed by atoms with Gasteiger partial charge in [-0.05, 0) is 37.6 Å². The first kappa shape index (κ1) is 5.39. The molecular formula is CH3Br2P. The zero-order valence-electron chi connectivity index (χ0n) is 2.20. The lowest BCUT2D eigenvalue weighted by Crippen LogP contribution is -1.17. The van der Waals surface area contributed by atoms with Crippen molar-refractivity contribution < 1.29 is 0 Å². The molecule has 0 saturated carbocycles. The lowest BCUT2D eigenvalue weighted by molar-refractivity contribution is 2.51. The van der Waals surface area contributed by atoms with E-state index in [0.29, 0.717) is 0 Å². The quantitative estimate of drug-likeness (QED) is 0.534. The molecule has 0 aliphatic carbocycles. The summed E-state index contributed by atoms with van der Waals surface area (Å²) in [7, 11) is 0. The Morgan fingerprint density at radius 3 is 1.50 bits per heavy atom. The average molecular weight is 206 g/mol. The minimum Gasteiger partial charge on any atom is -0.0478 e. The average Bonchev–Trinajstić information content (AvgIpc) is 0.811. The van der Waals surface area contributed by atoms with E-state index in [1.165, 1.54) is 0 Å². The molecule has 0 rings (SSSR count). The van der Waals surface area contributed by atoms with Crippen LogP contribution in [0.3, 0.4) is 0 Å². The standard InChI is InChI=1S/CH3Br2P/c1-4(2)3/h1H3. The minimum atomic E-state index is 0.00463. The summed E-state index contributed by atoms with van der Waals surface area (Å²) in [4.78, 5) is 0. The van der Waals surface area contributed by atoms with E-state index in [0.717, 1.165) is 0 Å². The van der Waals surface area contributed by atoms with Crippen molar-refractivity contribution in [3.05, 3.63) is 0 Å². The molecule has 0 bridgehead atoms. The van der Waals surface area contributed by atoms with E-state index in [4.69, 9.17) is 0 Å². The van der Waals surface area contributed by atoms with Gasteiger partial charge in [-0.25, -0.2) is 0 Å². The summed E-state index contributed by atoms with van der Waals surface area (Å²) >= 11 is 6.50. The van der Waals surface area contributed by atoms with Crippen LogP contribution in [0, 0.1) is 0 Å². The Labute approximate surface area is 43.2 Å². The molecule has 0 aliphatic heterocycles. The van der Waals surface area contributed by atoms with Crippen molar-refractivity contribution in [2.45, 2.75) is 0 Å². The Balaban J connectivity index is 2.32. The summed E-state index contributed by atoms with van der Waals surface area (Å²) in [5.74, 6) is 0. The van der Waals surface area contributed by atoms with Crippen LogP contribution in [0.25, 0.3) is 0 Å². The summed E-state index contributed by atoms with van der Waals surface area (Å²) in [5.41, 5.74) is 0. The van der Waals surface area contributed by atoms with E-state index in [-0.39, 0.29) is 5.33 Å². The predicted octanol–water partition coefficient (Wildman–Crippen LogP) is 2.72. The third-order valence-corrected chi connectivity index (χ3v) is 0. The van der Waals surface area contributed by atoms with Gasteiger partial charge in [-0.15, -0.1) is 0 Å². The number of rotatable bonds is 0. The van der Waals surface area contributed by atoms with Gasteiger partial charge < -0.3 is 0 Å². The van der Waals surface area contributed by atoms with Crippen molar-refractivity contribution >= 4 is 36.3 Å². The molecule has 0 aromatic heterocycles. The maximum absolute atomic E-state index is 3.25. The Hall–Kier alpha value is 1.39. The van der Waals surface area contributed by atoms with Crippen molar-refractivity contribution in [1.29, 1.82) is 0 Å². The molecule has 0 N–H and O–H groups in total. The number of hydrogen-bond donors (Lipinski definition) is 0. The zero-order valence-corrected chi connectivity index (χ0v) is 6.27. The lowest BCUT2D eigenvalue weighted by Gasteiger charge is -1.74. The summed E-state index contributed by atoms with van der Waals surface area (Å²) in [6.45, 7) is 2.06. The van der Waals surface area contributed by atoms with Gasteiger partial charge in [0, 0.05) is 5.33 Å². The molecule has 0 amide bonds. The van der Waals surface area contributed by atoms with Crippen LogP contribution in [-0.4, -0.2) is 6.66 Å². The fourth-order valence-corrected chi connectivity index (χ4v) is 0. The van der Waals surface area contributed by atoms with E-state index < -0.39 is 0 Å². The SMILES string of the molecule is CP(Br)Br. The molecule has 0 fully saturated rings. The van der Waals surface area contributed by atoms with Crippen LogP contribution in [0.5, 0.6) is 0 Å². The molecular weight excluding hydrogens is 203 g/mol. The monoisotopic (exact) mass is 204 g/mol. The maximum Gasteiger partial charge on any atom is 0.0315 e. The molecule has 3 heteroatoms. The summed E-state index contributed by atoms with van der Waals surface area (Å²) in [5, 5.41) is 0.00463. The highest BCUT2D eigenvalue weighted by Crippen LogP contribution is 2.47. The van der Waals surface area contributed by atoms with Crippen LogP contribution >= 0.6 is 36.3 Å². The highest BCUT2D eigenvalue weighted by molar-refractivity contribution is 9.69. The lowest BCUT2D eigenvalue weighted by atomic mass is 12.0. The van der Waals surface area contributed by atoms with Gasteiger partial charge in [0.05, 0.1) is 0 Å². The Morgan fingerprint density at radius 1 is 1.50 bits per heavy atom. The Bertz CT molecular complexity index is 10.8. The van der Waals surface area contributed by atoms with Gasteiger partial charge in [0.15, 0.2) is 0 Å². The smallest absolute Gasteiger partial charge is 0.0315 e. The van der Waals surface area contributed by atoms with Crippen LogP contribution in [0.15, 0.2) is 0 Å². The highest BCUT2D eigenvalue weighted by atomic mass is 79.9. The van der Waals surface area contributed by atoms with Crippen LogP contribution in [0.1, 0.15) is 0 Å². The van der Waals surface area contributed by atoms with Gasteiger partial charge in [0.1, 0.15) is 0 Å². The van der Waals surface area contributed by atoms with Crippen molar-refractivity contribution in [2.24, 2.45) is 0 Å². The highest BCUT2D eigenvalue weighted by Gasteiger charge is 1.73. The molecule has 4 heavy (non-hydrogen) atoms. The molecule has 0 spiro atoms. The first-order valence-corrected chi connectivity index (χ1v) is 6.61. The minimum absolute atomic E-state index is 0.00463. The van der Waals surface area contributed by atoms with Gasteiger partial charge in [-0.1, -0.05) is 0 Å². The van der Waals surface area contributed by atoms with Gasteiger partial charge in [-0.3, -0.25) is 0 Å².